The Morgan fingerprint density at radius 1 is 1.33 bits per heavy atom. The summed E-state index contributed by atoms with van der Waals surface area (Å²) in [4.78, 5) is 12.0. The third kappa shape index (κ3) is 4.33. The van der Waals surface area contributed by atoms with Gasteiger partial charge >= 0.3 is 0 Å². The molecule has 0 saturated carbocycles. The Labute approximate surface area is 130 Å². The molecule has 0 radical (unpaired) electrons. The van der Waals surface area contributed by atoms with Crippen molar-refractivity contribution in [3.05, 3.63) is 52.8 Å². The standard InChI is InChI=1S/C16H20ClN3O/c1-12-9-13(2)20(19-12)8-4-7-18-16(21)15-6-3-5-14(10-15)11-17/h3,5-6,9-10H,4,7-8,11H2,1-2H3,(H,18,21). The average molecular weight is 306 g/mol. The lowest BCUT2D eigenvalue weighted by Gasteiger charge is -2.07. The van der Waals surface area contributed by atoms with Gasteiger partial charge in [0, 0.05) is 30.2 Å². The van der Waals surface area contributed by atoms with Crippen LogP contribution in [0.4, 0.5) is 0 Å². The Morgan fingerprint density at radius 2 is 2.14 bits per heavy atom. The minimum Gasteiger partial charge on any atom is -0.352 e. The second kappa shape index (κ2) is 7.27. The van der Waals surface area contributed by atoms with Gasteiger partial charge < -0.3 is 5.32 Å². The molecular formula is C16H20ClN3O. The van der Waals surface area contributed by atoms with Crippen molar-refractivity contribution >= 4 is 17.5 Å². The highest BCUT2D eigenvalue weighted by molar-refractivity contribution is 6.17. The van der Waals surface area contributed by atoms with Crippen molar-refractivity contribution in [2.75, 3.05) is 6.54 Å². The van der Waals surface area contributed by atoms with E-state index in [1.165, 1.54) is 0 Å². The largest absolute Gasteiger partial charge is 0.352 e. The summed E-state index contributed by atoms with van der Waals surface area (Å²) in [6.45, 7) is 5.45. The molecule has 0 aliphatic rings. The van der Waals surface area contributed by atoms with Crippen LogP contribution in [0, 0.1) is 13.8 Å². The van der Waals surface area contributed by atoms with Crippen molar-refractivity contribution in [2.24, 2.45) is 0 Å². The summed E-state index contributed by atoms with van der Waals surface area (Å²) in [5, 5.41) is 7.32. The molecule has 1 amide bonds. The van der Waals surface area contributed by atoms with Crippen LogP contribution < -0.4 is 5.32 Å². The van der Waals surface area contributed by atoms with Gasteiger partial charge in [0.05, 0.1) is 5.69 Å². The minimum atomic E-state index is -0.0599. The Morgan fingerprint density at radius 3 is 2.81 bits per heavy atom. The Bertz CT molecular complexity index is 622. The number of carbonyl (C=O) groups excluding carboxylic acids is 1. The lowest BCUT2D eigenvalue weighted by Crippen LogP contribution is -2.25. The summed E-state index contributed by atoms with van der Waals surface area (Å²) in [6.07, 6.45) is 0.850. The molecule has 21 heavy (non-hydrogen) atoms. The summed E-state index contributed by atoms with van der Waals surface area (Å²) in [7, 11) is 0. The normalized spacial score (nSPS) is 10.6. The smallest absolute Gasteiger partial charge is 0.251 e. The first-order chi connectivity index (χ1) is 10.1. The molecule has 0 bridgehead atoms. The monoisotopic (exact) mass is 305 g/mol. The SMILES string of the molecule is Cc1cc(C)n(CCCNC(=O)c2cccc(CCl)c2)n1. The van der Waals surface area contributed by atoms with Crippen LogP contribution in [-0.2, 0) is 12.4 Å². The predicted octanol–water partition coefficient (Wildman–Crippen LogP) is 3.06. The number of rotatable bonds is 6. The molecule has 2 rings (SSSR count). The molecule has 1 heterocycles. The van der Waals surface area contributed by atoms with Gasteiger partial charge in [-0.1, -0.05) is 12.1 Å². The molecule has 0 atom stereocenters. The summed E-state index contributed by atoms with van der Waals surface area (Å²) >= 11 is 5.77. The fourth-order valence-electron chi connectivity index (χ4n) is 2.23. The van der Waals surface area contributed by atoms with Crippen molar-refractivity contribution in [1.29, 1.82) is 0 Å². The first-order valence-corrected chi connectivity index (χ1v) is 7.58. The number of aryl methyl sites for hydroxylation is 3. The number of hydrogen-bond acceptors (Lipinski definition) is 2. The summed E-state index contributed by atoms with van der Waals surface area (Å²) < 4.78 is 1.97. The highest BCUT2D eigenvalue weighted by atomic mass is 35.5. The number of nitrogens with one attached hydrogen (secondary N) is 1. The van der Waals surface area contributed by atoms with Crippen molar-refractivity contribution in [3.8, 4) is 0 Å². The molecular weight excluding hydrogens is 286 g/mol. The van der Waals surface area contributed by atoms with E-state index in [-0.39, 0.29) is 5.91 Å². The number of amides is 1. The van der Waals surface area contributed by atoms with Gasteiger partial charge in [-0.15, -0.1) is 11.6 Å². The van der Waals surface area contributed by atoms with Crippen LogP contribution in [0.25, 0.3) is 0 Å². The highest BCUT2D eigenvalue weighted by Gasteiger charge is 2.06. The Balaban J connectivity index is 1.80. The van der Waals surface area contributed by atoms with E-state index >= 15 is 0 Å². The second-order valence-corrected chi connectivity index (χ2v) is 5.36. The van der Waals surface area contributed by atoms with Gasteiger partial charge in [-0.25, -0.2) is 0 Å². The van der Waals surface area contributed by atoms with Crippen LogP contribution >= 0.6 is 11.6 Å². The quantitative estimate of drug-likeness (QED) is 0.658. The lowest BCUT2D eigenvalue weighted by molar-refractivity contribution is 0.0952. The van der Waals surface area contributed by atoms with Gasteiger partial charge in [-0.3, -0.25) is 9.48 Å². The zero-order valence-electron chi connectivity index (χ0n) is 12.4. The maximum Gasteiger partial charge on any atom is 0.251 e. The van der Waals surface area contributed by atoms with E-state index in [2.05, 4.69) is 16.5 Å². The van der Waals surface area contributed by atoms with Crippen LogP contribution in [0.1, 0.15) is 33.7 Å². The molecule has 0 unspecified atom stereocenters. The van der Waals surface area contributed by atoms with Gasteiger partial charge in [-0.05, 0) is 44.0 Å². The summed E-state index contributed by atoms with van der Waals surface area (Å²) in [5.41, 5.74) is 3.77. The number of aromatic nitrogens is 2. The zero-order valence-corrected chi connectivity index (χ0v) is 13.2. The molecule has 0 aliphatic heterocycles. The molecule has 4 nitrogen and oxygen atoms in total. The van der Waals surface area contributed by atoms with Gasteiger partial charge in [0.1, 0.15) is 0 Å². The van der Waals surface area contributed by atoms with Crippen molar-refractivity contribution < 1.29 is 4.79 Å². The minimum absolute atomic E-state index is 0.0599. The van der Waals surface area contributed by atoms with Crippen LogP contribution in [-0.4, -0.2) is 22.2 Å². The van der Waals surface area contributed by atoms with Gasteiger partial charge in [0.15, 0.2) is 0 Å². The first kappa shape index (κ1) is 15.6. The van der Waals surface area contributed by atoms with E-state index in [4.69, 9.17) is 11.6 Å². The molecule has 0 spiro atoms. The average Bonchev–Trinajstić information content (AvgIpc) is 2.81. The van der Waals surface area contributed by atoms with Crippen molar-refractivity contribution in [1.82, 2.24) is 15.1 Å². The van der Waals surface area contributed by atoms with E-state index in [0.717, 1.165) is 29.9 Å². The molecule has 2 aromatic rings. The Kier molecular flexibility index (Phi) is 5.39. The number of benzene rings is 1. The van der Waals surface area contributed by atoms with E-state index in [1.54, 1.807) is 6.07 Å². The van der Waals surface area contributed by atoms with E-state index < -0.39 is 0 Å². The van der Waals surface area contributed by atoms with Crippen LogP contribution in [0.3, 0.4) is 0 Å². The van der Waals surface area contributed by atoms with Gasteiger partial charge in [0.25, 0.3) is 5.91 Å². The van der Waals surface area contributed by atoms with Crippen LogP contribution in [0.2, 0.25) is 0 Å². The van der Waals surface area contributed by atoms with Crippen molar-refractivity contribution in [2.45, 2.75) is 32.7 Å². The number of hydrogen-bond donors (Lipinski definition) is 1. The third-order valence-electron chi connectivity index (χ3n) is 3.28. The molecule has 1 aromatic heterocycles. The van der Waals surface area contributed by atoms with E-state index in [0.29, 0.717) is 18.0 Å². The third-order valence-corrected chi connectivity index (χ3v) is 3.59. The van der Waals surface area contributed by atoms with E-state index in [1.807, 2.05) is 36.7 Å². The molecule has 0 fully saturated rings. The highest BCUT2D eigenvalue weighted by Crippen LogP contribution is 2.08. The summed E-state index contributed by atoms with van der Waals surface area (Å²) in [5.74, 6) is 0.356. The maximum absolute atomic E-state index is 12.0. The molecule has 112 valence electrons. The number of halogens is 1. The molecule has 1 N–H and O–H groups in total. The lowest BCUT2D eigenvalue weighted by atomic mass is 10.1. The van der Waals surface area contributed by atoms with Gasteiger partial charge in [-0.2, -0.15) is 5.10 Å². The number of carbonyl (C=O) groups is 1. The summed E-state index contributed by atoms with van der Waals surface area (Å²) in [6, 6.07) is 9.43. The molecule has 1 aromatic carbocycles. The van der Waals surface area contributed by atoms with Crippen LogP contribution in [0.5, 0.6) is 0 Å². The topological polar surface area (TPSA) is 46.9 Å². The molecule has 5 heteroatoms. The zero-order chi connectivity index (χ0) is 15.2. The fraction of sp³-hybridized carbons (Fsp3) is 0.375. The molecule has 0 aliphatic carbocycles. The van der Waals surface area contributed by atoms with Crippen LogP contribution in [0.15, 0.2) is 30.3 Å². The Hall–Kier alpha value is -1.81. The first-order valence-electron chi connectivity index (χ1n) is 7.04. The van der Waals surface area contributed by atoms with Crippen molar-refractivity contribution in [3.63, 3.8) is 0 Å². The number of alkyl halides is 1. The predicted molar refractivity (Wildman–Crippen MR) is 84.7 cm³/mol. The van der Waals surface area contributed by atoms with Gasteiger partial charge in [0.2, 0.25) is 0 Å². The number of nitrogens with zero attached hydrogens (tertiary/aromatic N) is 2. The second-order valence-electron chi connectivity index (χ2n) is 5.09. The fourth-order valence-corrected chi connectivity index (χ4v) is 2.40. The van der Waals surface area contributed by atoms with E-state index in [9.17, 15) is 4.79 Å². The molecule has 0 saturated heterocycles. The maximum atomic E-state index is 12.0.